The number of nitrogens with zero attached hydrogens (tertiary/aromatic N) is 3. The first kappa shape index (κ1) is 21.7. The zero-order valence-electron chi connectivity index (χ0n) is 18.7. The van der Waals surface area contributed by atoms with Crippen LogP contribution in [-0.2, 0) is 17.8 Å². The largest absolute Gasteiger partial charge is 0.352 e. The molecule has 1 fully saturated rings. The quantitative estimate of drug-likeness (QED) is 0.308. The Balaban J connectivity index is 1.45. The Bertz CT molecular complexity index is 1110. The normalized spacial score (nSPS) is 16.1. The maximum absolute atomic E-state index is 11.7. The molecule has 3 heterocycles. The molecule has 4 rings (SSSR count). The predicted molar refractivity (Wildman–Crippen MR) is 127 cm³/mol. The van der Waals surface area contributed by atoms with E-state index in [-0.39, 0.29) is 5.91 Å². The third-order valence-electron chi connectivity index (χ3n) is 5.84. The molecule has 0 saturated heterocycles. The Morgan fingerprint density at radius 3 is 2.72 bits per heavy atom. The van der Waals surface area contributed by atoms with Gasteiger partial charge in [0.25, 0.3) is 0 Å². The minimum atomic E-state index is -0.224. The van der Waals surface area contributed by atoms with Gasteiger partial charge >= 0.3 is 0 Å². The van der Waals surface area contributed by atoms with Crippen LogP contribution >= 0.6 is 0 Å². The van der Waals surface area contributed by atoms with Crippen LogP contribution in [0.4, 0.5) is 0 Å². The van der Waals surface area contributed by atoms with Gasteiger partial charge in [0, 0.05) is 66.0 Å². The summed E-state index contributed by atoms with van der Waals surface area (Å²) in [6.07, 6.45) is 12.0. The summed E-state index contributed by atoms with van der Waals surface area (Å²) in [6, 6.07) is 6.43. The average Bonchev–Trinajstić information content (AvgIpc) is 3.63. The number of rotatable bonds is 6. The molecule has 1 aliphatic heterocycles. The first-order chi connectivity index (χ1) is 15.4. The number of pyridine rings is 2. The van der Waals surface area contributed by atoms with Gasteiger partial charge in [0.15, 0.2) is 0 Å². The summed E-state index contributed by atoms with van der Waals surface area (Å²) in [5.41, 5.74) is 6.76. The molecule has 0 unspecified atom stereocenters. The van der Waals surface area contributed by atoms with Crippen LogP contribution in [0, 0.1) is 5.41 Å². The molecule has 0 atom stereocenters. The number of hydrogen-bond acceptors (Lipinski definition) is 4. The van der Waals surface area contributed by atoms with Gasteiger partial charge in [0.1, 0.15) is 5.84 Å². The van der Waals surface area contributed by atoms with Gasteiger partial charge in [-0.3, -0.25) is 20.2 Å². The maximum atomic E-state index is 11.7. The van der Waals surface area contributed by atoms with Gasteiger partial charge in [0.2, 0.25) is 5.91 Å². The number of hydrogen-bond donors (Lipinski definition) is 2. The van der Waals surface area contributed by atoms with E-state index in [0.29, 0.717) is 24.0 Å². The number of carbonyl (C=O) groups excluding carboxylic acids is 1. The van der Waals surface area contributed by atoms with Gasteiger partial charge in [-0.2, -0.15) is 0 Å². The fourth-order valence-corrected chi connectivity index (χ4v) is 3.94. The highest BCUT2D eigenvalue weighted by molar-refractivity contribution is 5.96. The van der Waals surface area contributed by atoms with E-state index in [4.69, 9.17) is 10.4 Å². The lowest BCUT2D eigenvalue weighted by Crippen LogP contribution is -2.36. The Labute approximate surface area is 189 Å². The lowest BCUT2D eigenvalue weighted by atomic mass is 10.00. The first-order valence-corrected chi connectivity index (χ1v) is 11.0. The van der Waals surface area contributed by atoms with E-state index < -0.39 is 0 Å². The number of allylic oxidation sites excluding steroid dienone is 2. The summed E-state index contributed by atoms with van der Waals surface area (Å²) in [4.78, 5) is 23.0. The Morgan fingerprint density at radius 2 is 2.03 bits per heavy atom. The van der Waals surface area contributed by atoms with Crippen LogP contribution in [0.2, 0.25) is 0 Å². The summed E-state index contributed by atoms with van der Waals surface area (Å²) < 4.78 is 0. The second kappa shape index (κ2) is 9.30. The van der Waals surface area contributed by atoms with E-state index in [9.17, 15) is 4.79 Å². The minimum absolute atomic E-state index is 0.224. The Kier molecular flexibility index (Phi) is 6.30. The van der Waals surface area contributed by atoms with Crippen molar-refractivity contribution >= 4 is 11.7 Å². The van der Waals surface area contributed by atoms with Crippen molar-refractivity contribution in [2.24, 2.45) is 0 Å². The number of nitrogens with one attached hydrogen (secondary N) is 2. The highest BCUT2D eigenvalue weighted by atomic mass is 16.1. The smallest absolute Gasteiger partial charge is 0.248 e. The van der Waals surface area contributed by atoms with Crippen LogP contribution in [0.5, 0.6) is 0 Å². The summed E-state index contributed by atoms with van der Waals surface area (Å²) in [6.45, 7) is 8.89. The van der Waals surface area contributed by atoms with Gasteiger partial charge in [-0.1, -0.05) is 18.7 Å². The average molecular weight is 428 g/mol. The molecule has 1 aliphatic carbocycles. The molecular formula is C26H29N5O. The molecule has 2 aromatic rings. The molecule has 2 aromatic heterocycles. The van der Waals surface area contributed by atoms with Crippen molar-refractivity contribution in [3.63, 3.8) is 0 Å². The SMILES string of the molecule is C=C(/C=C(/C)C(=N)N1CCc2ncc(-c3ccc(C4CC4)nc3)cc2C1)NC(=O)/C=C\C. The second-order valence-corrected chi connectivity index (χ2v) is 8.44. The van der Waals surface area contributed by atoms with Gasteiger partial charge in [-0.05, 0) is 62.1 Å². The van der Waals surface area contributed by atoms with Gasteiger partial charge in [0.05, 0.1) is 0 Å². The molecule has 1 saturated carbocycles. The summed E-state index contributed by atoms with van der Waals surface area (Å²) in [7, 11) is 0. The number of carbonyl (C=O) groups is 1. The Morgan fingerprint density at radius 1 is 1.25 bits per heavy atom. The molecule has 2 N–H and O–H groups in total. The van der Waals surface area contributed by atoms with E-state index in [2.05, 4.69) is 35.1 Å². The molecule has 0 aromatic carbocycles. The molecule has 0 spiro atoms. The summed E-state index contributed by atoms with van der Waals surface area (Å²) >= 11 is 0. The molecule has 32 heavy (non-hydrogen) atoms. The zero-order valence-corrected chi connectivity index (χ0v) is 18.7. The van der Waals surface area contributed by atoms with Crippen LogP contribution < -0.4 is 5.32 Å². The van der Waals surface area contributed by atoms with Crippen molar-refractivity contribution in [2.75, 3.05) is 6.54 Å². The molecule has 164 valence electrons. The van der Waals surface area contributed by atoms with Crippen LogP contribution in [0.1, 0.15) is 49.6 Å². The van der Waals surface area contributed by atoms with Gasteiger partial charge in [-0.15, -0.1) is 0 Å². The predicted octanol–water partition coefficient (Wildman–Crippen LogP) is 4.51. The lowest BCUT2D eigenvalue weighted by molar-refractivity contribution is -0.115. The fourth-order valence-electron chi connectivity index (χ4n) is 3.94. The third-order valence-corrected chi connectivity index (χ3v) is 5.84. The van der Waals surface area contributed by atoms with E-state index >= 15 is 0 Å². The topological polar surface area (TPSA) is 82.0 Å². The first-order valence-electron chi connectivity index (χ1n) is 11.0. The standard InChI is InChI=1S/C26H29N5O/c1-4-5-25(32)30-18(3)12-17(2)26(27)31-11-10-24-22(16-31)13-21(15-29-24)20-8-9-23(28-14-20)19-6-7-19/h4-5,8-9,12-15,19,27H,3,6-7,10-11,16H2,1-2H3,(H,30,32)/b5-4-,17-12-,27-26?. The minimum Gasteiger partial charge on any atom is -0.352 e. The van der Waals surface area contributed by atoms with Crippen LogP contribution in [-0.4, -0.2) is 33.2 Å². The second-order valence-electron chi connectivity index (χ2n) is 8.44. The van der Waals surface area contributed by atoms with Crippen LogP contribution in [0.3, 0.4) is 0 Å². The highest BCUT2D eigenvalue weighted by Gasteiger charge is 2.25. The van der Waals surface area contributed by atoms with Crippen molar-refractivity contribution < 1.29 is 4.79 Å². The number of amidine groups is 1. The van der Waals surface area contributed by atoms with Crippen molar-refractivity contribution in [3.05, 3.63) is 83.6 Å². The van der Waals surface area contributed by atoms with Crippen molar-refractivity contribution in [2.45, 2.75) is 45.6 Å². The maximum Gasteiger partial charge on any atom is 0.248 e. The summed E-state index contributed by atoms with van der Waals surface area (Å²) in [5, 5.41) is 11.3. The van der Waals surface area contributed by atoms with Gasteiger partial charge in [-0.25, -0.2) is 0 Å². The summed E-state index contributed by atoms with van der Waals surface area (Å²) in [5.74, 6) is 0.852. The highest BCUT2D eigenvalue weighted by Crippen LogP contribution is 2.39. The van der Waals surface area contributed by atoms with E-state index in [1.54, 1.807) is 19.1 Å². The van der Waals surface area contributed by atoms with E-state index in [1.165, 1.54) is 24.6 Å². The van der Waals surface area contributed by atoms with Crippen molar-refractivity contribution in [3.8, 4) is 11.1 Å². The lowest BCUT2D eigenvalue weighted by Gasteiger charge is -2.31. The van der Waals surface area contributed by atoms with Crippen molar-refractivity contribution in [1.29, 1.82) is 5.41 Å². The number of aromatic nitrogens is 2. The molecule has 6 heteroatoms. The van der Waals surface area contributed by atoms with Crippen molar-refractivity contribution in [1.82, 2.24) is 20.2 Å². The number of fused-ring (bicyclic) bond motifs is 1. The molecule has 0 radical (unpaired) electrons. The third kappa shape index (κ3) is 5.02. The van der Waals surface area contributed by atoms with E-state index in [1.807, 2.05) is 24.2 Å². The fraction of sp³-hybridized carbons (Fsp3) is 0.308. The molecule has 2 aliphatic rings. The van der Waals surface area contributed by atoms with E-state index in [0.717, 1.165) is 40.9 Å². The molecule has 1 amide bonds. The number of amides is 1. The van der Waals surface area contributed by atoms with Crippen LogP contribution in [0.15, 0.2) is 66.7 Å². The Hall–Kier alpha value is -3.54. The zero-order chi connectivity index (χ0) is 22.7. The monoisotopic (exact) mass is 427 g/mol. The molecule has 0 bridgehead atoms. The van der Waals surface area contributed by atoms with Gasteiger partial charge < -0.3 is 10.2 Å². The molecular weight excluding hydrogens is 398 g/mol. The van der Waals surface area contributed by atoms with Crippen LogP contribution in [0.25, 0.3) is 11.1 Å². The molecule has 6 nitrogen and oxygen atoms in total.